The molecule has 0 amide bonds. The van der Waals surface area contributed by atoms with Crippen LogP contribution in [0.1, 0.15) is 12.5 Å². The van der Waals surface area contributed by atoms with Crippen molar-refractivity contribution in [1.29, 1.82) is 0 Å². The average molecular weight is 232 g/mol. The monoisotopic (exact) mass is 232 g/mol. The van der Waals surface area contributed by atoms with Crippen LogP contribution in [-0.4, -0.2) is 16.2 Å². The van der Waals surface area contributed by atoms with E-state index in [1.165, 1.54) is 10.6 Å². The Balaban J connectivity index is 2.83. The number of thioether (sulfide) groups is 1. The van der Waals surface area contributed by atoms with Gasteiger partial charge in [-0.25, -0.2) is 4.58 Å². The highest BCUT2D eigenvalue weighted by molar-refractivity contribution is 8.16. The molecule has 0 saturated heterocycles. The van der Waals surface area contributed by atoms with Crippen LogP contribution < -0.4 is 0 Å². The molecule has 0 radical (unpaired) electrons. The van der Waals surface area contributed by atoms with Gasteiger partial charge in [-0.05, 0) is 23.2 Å². The zero-order valence-corrected chi connectivity index (χ0v) is 10.5. The lowest BCUT2D eigenvalue weighted by Crippen LogP contribution is -2.17. The minimum Gasteiger partial charge on any atom is -0.220 e. The van der Waals surface area contributed by atoms with Crippen molar-refractivity contribution in [2.45, 2.75) is 13.5 Å². The third-order valence-corrected chi connectivity index (χ3v) is 3.03. The molecule has 1 nitrogen and oxygen atoms in total. The molecular formula is C14H18NS+. The molecule has 0 aliphatic carbocycles. The Kier molecular flexibility index (Phi) is 5.65. The van der Waals surface area contributed by atoms with Gasteiger partial charge in [0, 0.05) is 12.5 Å². The second-order valence-electron chi connectivity index (χ2n) is 3.46. The molecule has 2 heteroatoms. The summed E-state index contributed by atoms with van der Waals surface area (Å²) in [7, 11) is 0. The standard InChI is InChI=1S/C14H18NS/c1-4-11-15(13(3)16-5-2)12-14-9-7-6-8-10-14/h4-10H,1-2,11-12H2,3H3/q+1. The first-order valence-electron chi connectivity index (χ1n) is 5.28. The first-order valence-corrected chi connectivity index (χ1v) is 6.16. The van der Waals surface area contributed by atoms with Crippen LogP contribution in [0, 0.1) is 0 Å². The molecule has 1 aromatic carbocycles. The molecule has 0 heterocycles. The van der Waals surface area contributed by atoms with Gasteiger partial charge in [0.05, 0.1) is 0 Å². The van der Waals surface area contributed by atoms with E-state index in [2.05, 4.69) is 48.9 Å². The third-order valence-electron chi connectivity index (χ3n) is 2.26. The highest BCUT2D eigenvalue weighted by Crippen LogP contribution is 2.07. The molecule has 16 heavy (non-hydrogen) atoms. The summed E-state index contributed by atoms with van der Waals surface area (Å²) in [6.45, 7) is 11.4. The van der Waals surface area contributed by atoms with Crippen molar-refractivity contribution in [2.24, 2.45) is 0 Å². The predicted molar refractivity (Wildman–Crippen MR) is 73.9 cm³/mol. The van der Waals surface area contributed by atoms with E-state index in [4.69, 9.17) is 0 Å². The Labute approximate surface area is 102 Å². The van der Waals surface area contributed by atoms with Crippen molar-refractivity contribution in [3.05, 3.63) is 60.5 Å². The van der Waals surface area contributed by atoms with E-state index in [-0.39, 0.29) is 0 Å². The van der Waals surface area contributed by atoms with Crippen molar-refractivity contribution < 1.29 is 4.58 Å². The summed E-state index contributed by atoms with van der Waals surface area (Å²) >= 11 is 1.66. The molecule has 84 valence electrons. The second kappa shape index (κ2) is 7.07. The van der Waals surface area contributed by atoms with E-state index in [0.717, 1.165) is 13.1 Å². The number of hydrogen-bond acceptors (Lipinski definition) is 1. The van der Waals surface area contributed by atoms with Gasteiger partial charge in [-0.3, -0.25) is 0 Å². The van der Waals surface area contributed by atoms with Crippen LogP contribution in [-0.2, 0) is 6.54 Å². The van der Waals surface area contributed by atoms with E-state index in [1.54, 1.807) is 11.8 Å². The molecule has 0 atom stereocenters. The van der Waals surface area contributed by atoms with Gasteiger partial charge in [-0.2, -0.15) is 0 Å². The molecule has 0 aliphatic rings. The molecule has 0 saturated carbocycles. The summed E-state index contributed by atoms with van der Waals surface area (Å²) in [5.74, 6) is 0. The van der Waals surface area contributed by atoms with Gasteiger partial charge in [0.25, 0.3) is 0 Å². The molecule has 0 N–H and O–H groups in total. The molecular weight excluding hydrogens is 214 g/mol. The van der Waals surface area contributed by atoms with Crippen molar-refractivity contribution >= 4 is 16.8 Å². The van der Waals surface area contributed by atoms with Crippen LogP contribution in [0.25, 0.3) is 0 Å². The molecule has 0 spiro atoms. The molecule has 1 rings (SSSR count). The summed E-state index contributed by atoms with van der Waals surface area (Å²) in [4.78, 5) is 0. The maximum atomic E-state index is 3.79. The van der Waals surface area contributed by atoms with E-state index in [0.29, 0.717) is 0 Å². The zero-order chi connectivity index (χ0) is 11.8. The van der Waals surface area contributed by atoms with Gasteiger partial charge in [-0.15, -0.1) is 0 Å². The number of rotatable bonds is 5. The fourth-order valence-corrected chi connectivity index (χ4v) is 1.99. The van der Waals surface area contributed by atoms with Gasteiger partial charge in [0.1, 0.15) is 0 Å². The quantitative estimate of drug-likeness (QED) is 0.324. The average Bonchev–Trinajstić information content (AvgIpc) is 2.30. The smallest absolute Gasteiger partial charge is 0.212 e. The van der Waals surface area contributed by atoms with E-state index >= 15 is 0 Å². The highest BCUT2D eigenvalue weighted by Gasteiger charge is 2.08. The summed E-state index contributed by atoms with van der Waals surface area (Å²) in [5, 5.41) is 3.11. The van der Waals surface area contributed by atoms with Crippen molar-refractivity contribution in [3.63, 3.8) is 0 Å². The van der Waals surface area contributed by atoms with Gasteiger partial charge < -0.3 is 0 Å². The lowest BCUT2D eigenvalue weighted by molar-refractivity contribution is -0.531. The highest BCUT2D eigenvalue weighted by atomic mass is 32.2. The predicted octanol–water partition coefficient (Wildman–Crippen LogP) is 3.68. The van der Waals surface area contributed by atoms with Crippen LogP contribution in [0.2, 0.25) is 0 Å². The maximum absolute atomic E-state index is 3.79. The third kappa shape index (κ3) is 4.07. The van der Waals surface area contributed by atoms with Gasteiger partial charge in [0.2, 0.25) is 5.04 Å². The lowest BCUT2D eigenvalue weighted by Gasteiger charge is -2.04. The Morgan fingerprint density at radius 2 is 2.00 bits per heavy atom. The minimum atomic E-state index is 0.863. The van der Waals surface area contributed by atoms with Crippen molar-refractivity contribution in [1.82, 2.24) is 0 Å². The Morgan fingerprint density at radius 1 is 1.31 bits per heavy atom. The van der Waals surface area contributed by atoms with Crippen LogP contribution in [0.3, 0.4) is 0 Å². The molecule has 0 unspecified atom stereocenters. The number of hydrogen-bond donors (Lipinski definition) is 0. The van der Waals surface area contributed by atoms with Crippen molar-refractivity contribution in [3.8, 4) is 0 Å². The first-order chi connectivity index (χ1) is 7.77. The van der Waals surface area contributed by atoms with Crippen molar-refractivity contribution in [2.75, 3.05) is 6.54 Å². The summed E-state index contributed by atoms with van der Waals surface area (Å²) < 4.78 is 2.29. The molecule has 0 fully saturated rings. The maximum Gasteiger partial charge on any atom is 0.212 e. The Morgan fingerprint density at radius 3 is 2.56 bits per heavy atom. The van der Waals surface area contributed by atoms with Gasteiger partial charge >= 0.3 is 0 Å². The Bertz CT molecular complexity index is 379. The van der Waals surface area contributed by atoms with Gasteiger partial charge in [-0.1, -0.05) is 43.5 Å². The lowest BCUT2D eigenvalue weighted by atomic mass is 10.2. The van der Waals surface area contributed by atoms with E-state index in [9.17, 15) is 0 Å². The van der Waals surface area contributed by atoms with Crippen LogP contribution in [0.15, 0.2) is 55.0 Å². The number of benzene rings is 1. The van der Waals surface area contributed by atoms with Crippen LogP contribution in [0.4, 0.5) is 0 Å². The molecule has 0 aromatic heterocycles. The summed E-state index contributed by atoms with van der Waals surface area (Å²) in [6, 6.07) is 10.5. The first kappa shape index (κ1) is 12.8. The second-order valence-corrected chi connectivity index (χ2v) is 4.62. The fraction of sp³-hybridized carbons (Fsp3) is 0.214. The molecule has 0 aliphatic heterocycles. The minimum absolute atomic E-state index is 0.863. The topological polar surface area (TPSA) is 3.01 Å². The largest absolute Gasteiger partial charge is 0.220 e. The summed E-state index contributed by atoms with van der Waals surface area (Å²) in [6.07, 6.45) is 1.93. The van der Waals surface area contributed by atoms with E-state index < -0.39 is 0 Å². The fourth-order valence-electron chi connectivity index (χ4n) is 1.46. The van der Waals surface area contributed by atoms with Gasteiger partial charge in [0.15, 0.2) is 13.1 Å². The normalized spacial score (nSPS) is 11.8. The van der Waals surface area contributed by atoms with E-state index in [1.807, 2.05) is 17.6 Å². The summed E-state index contributed by atoms with van der Waals surface area (Å²) in [5.41, 5.74) is 1.31. The number of nitrogens with zero attached hydrogens (tertiary/aromatic N) is 1. The molecule has 1 aromatic rings. The Hall–Kier alpha value is -1.28. The van der Waals surface area contributed by atoms with Crippen LogP contribution >= 0.6 is 11.8 Å². The van der Waals surface area contributed by atoms with Crippen LogP contribution in [0.5, 0.6) is 0 Å². The SMILES string of the molecule is C=CC[N+](Cc1ccccc1)=C(C)SC=C. The zero-order valence-electron chi connectivity index (χ0n) is 9.73. The molecule has 0 bridgehead atoms.